The van der Waals surface area contributed by atoms with Gasteiger partial charge in [0.1, 0.15) is 0 Å². The molecule has 0 spiro atoms. The van der Waals surface area contributed by atoms with E-state index in [0.29, 0.717) is 6.04 Å². The van der Waals surface area contributed by atoms with Gasteiger partial charge in [-0.1, -0.05) is 12.8 Å². The van der Waals surface area contributed by atoms with E-state index in [1.807, 2.05) is 24.3 Å². The maximum atomic E-state index is 12.4. The zero-order chi connectivity index (χ0) is 14.7. The second-order valence-corrected chi connectivity index (χ2v) is 7.05. The van der Waals surface area contributed by atoms with Crippen LogP contribution >= 0.6 is 11.8 Å². The molecule has 2 N–H and O–H groups in total. The lowest BCUT2D eigenvalue weighted by molar-refractivity contribution is -0.119. The van der Waals surface area contributed by atoms with Crippen molar-refractivity contribution >= 4 is 23.4 Å². The molecule has 1 aromatic carbocycles. The van der Waals surface area contributed by atoms with E-state index in [2.05, 4.69) is 16.9 Å². The van der Waals surface area contributed by atoms with E-state index in [0.717, 1.165) is 18.0 Å². The lowest BCUT2D eigenvalue weighted by atomic mass is 9.77. The van der Waals surface area contributed by atoms with Crippen LogP contribution in [0.25, 0.3) is 0 Å². The number of piperidine rings is 1. The summed E-state index contributed by atoms with van der Waals surface area (Å²) >= 11 is 1.71. The van der Waals surface area contributed by atoms with E-state index < -0.39 is 0 Å². The highest BCUT2D eigenvalue weighted by molar-refractivity contribution is 7.98. The molecule has 2 aliphatic rings. The van der Waals surface area contributed by atoms with Crippen LogP contribution in [0, 0.1) is 5.92 Å². The van der Waals surface area contributed by atoms with Crippen molar-refractivity contribution in [2.45, 2.75) is 55.5 Å². The number of carbonyl (C=O) groups excluding carboxylic acids is 1. The lowest BCUT2D eigenvalue weighted by Gasteiger charge is -2.39. The van der Waals surface area contributed by atoms with Crippen molar-refractivity contribution in [2.75, 3.05) is 11.6 Å². The predicted molar refractivity (Wildman–Crippen MR) is 88.8 cm³/mol. The number of amides is 1. The Labute approximate surface area is 131 Å². The third kappa shape index (κ3) is 3.61. The minimum absolute atomic E-state index is 0.0235. The molecule has 1 amide bonds. The molecule has 1 saturated carbocycles. The summed E-state index contributed by atoms with van der Waals surface area (Å²) in [4.78, 5) is 13.6. The van der Waals surface area contributed by atoms with Crippen LogP contribution in [-0.2, 0) is 4.79 Å². The second-order valence-electron chi connectivity index (χ2n) is 6.17. The van der Waals surface area contributed by atoms with Gasteiger partial charge in [-0.3, -0.25) is 4.79 Å². The zero-order valence-corrected chi connectivity index (χ0v) is 13.4. The Hall–Kier alpha value is -1.00. The van der Waals surface area contributed by atoms with Gasteiger partial charge in [-0.2, -0.15) is 0 Å². The minimum atomic E-state index is -0.0235. The van der Waals surface area contributed by atoms with Crippen molar-refractivity contribution in [3.63, 3.8) is 0 Å². The first-order valence-corrected chi connectivity index (χ1v) is 9.19. The monoisotopic (exact) mass is 304 g/mol. The van der Waals surface area contributed by atoms with Crippen LogP contribution in [-0.4, -0.2) is 24.2 Å². The van der Waals surface area contributed by atoms with Gasteiger partial charge < -0.3 is 10.6 Å². The number of fused-ring (bicyclic) bond motifs is 1. The Kier molecular flexibility index (Phi) is 4.86. The van der Waals surface area contributed by atoms with Crippen LogP contribution < -0.4 is 10.6 Å². The molecule has 1 aliphatic carbocycles. The maximum Gasteiger partial charge on any atom is 0.241 e. The molecule has 3 rings (SSSR count). The lowest BCUT2D eigenvalue weighted by Crippen LogP contribution is -2.53. The van der Waals surface area contributed by atoms with Gasteiger partial charge in [0.2, 0.25) is 5.91 Å². The van der Waals surface area contributed by atoms with Crippen molar-refractivity contribution in [1.29, 1.82) is 0 Å². The van der Waals surface area contributed by atoms with Gasteiger partial charge in [-0.25, -0.2) is 0 Å². The molecule has 2 fully saturated rings. The summed E-state index contributed by atoms with van der Waals surface area (Å²) in [5.74, 6) is 0.916. The van der Waals surface area contributed by atoms with Crippen molar-refractivity contribution in [3.05, 3.63) is 24.3 Å². The van der Waals surface area contributed by atoms with Crippen molar-refractivity contribution in [3.8, 4) is 0 Å². The molecule has 3 nitrogen and oxygen atoms in total. The SMILES string of the molecule is CSc1ccc(NC(=O)C2CCC3CCCCC3N2)cc1. The summed E-state index contributed by atoms with van der Waals surface area (Å²) in [7, 11) is 0. The molecule has 1 saturated heterocycles. The summed E-state index contributed by atoms with van der Waals surface area (Å²) in [6, 6.07) is 8.59. The van der Waals surface area contributed by atoms with Crippen LogP contribution in [0.1, 0.15) is 38.5 Å². The van der Waals surface area contributed by atoms with Gasteiger partial charge in [0, 0.05) is 16.6 Å². The van der Waals surface area contributed by atoms with E-state index >= 15 is 0 Å². The van der Waals surface area contributed by atoms with Crippen molar-refractivity contribution in [2.24, 2.45) is 5.92 Å². The van der Waals surface area contributed by atoms with Crippen LogP contribution in [0.15, 0.2) is 29.2 Å². The predicted octanol–water partition coefficient (Wildman–Crippen LogP) is 3.66. The Morgan fingerprint density at radius 3 is 2.67 bits per heavy atom. The summed E-state index contributed by atoms with van der Waals surface area (Å²) in [6.07, 6.45) is 9.45. The number of anilines is 1. The largest absolute Gasteiger partial charge is 0.325 e. The average Bonchev–Trinajstić information content (AvgIpc) is 2.55. The van der Waals surface area contributed by atoms with E-state index in [1.54, 1.807) is 11.8 Å². The van der Waals surface area contributed by atoms with Crippen LogP contribution in [0.2, 0.25) is 0 Å². The van der Waals surface area contributed by atoms with Gasteiger partial charge in [0.25, 0.3) is 0 Å². The number of rotatable bonds is 3. The number of benzene rings is 1. The summed E-state index contributed by atoms with van der Waals surface area (Å²) < 4.78 is 0. The molecule has 1 aromatic rings. The van der Waals surface area contributed by atoms with Crippen molar-refractivity contribution in [1.82, 2.24) is 5.32 Å². The molecule has 114 valence electrons. The van der Waals surface area contributed by atoms with Gasteiger partial charge in [-0.05, 0) is 62.1 Å². The van der Waals surface area contributed by atoms with Crippen LogP contribution in [0.3, 0.4) is 0 Å². The zero-order valence-electron chi connectivity index (χ0n) is 12.6. The van der Waals surface area contributed by atoms with E-state index in [4.69, 9.17) is 0 Å². The number of hydrogen-bond donors (Lipinski definition) is 2. The molecular formula is C17H24N2OS. The number of thioether (sulfide) groups is 1. The molecule has 3 unspecified atom stereocenters. The molecule has 1 aliphatic heterocycles. The minimum Gasteiger partial charge on any atom is -0.325 e. The second kappa shape index (κ2) is 6.84. The molecule has 0 radical (unpaired) electrons. The molecule has 0 aromatic heterocycles. The molecule has 3 atom stereocenters. The van der Waals surface area contributed by atoms with Crippen molar-refractivity contribution < 1.29 is 4.79 Å². The summed E-state index contributed by atoms with van der Waals surface area (Å²) in [6.45, 7) is 0. The Bertz CT molecular complexity index is 488. The molecule has 1 heterocycles. The van der Waals surface area contributed by atoms with Crippen LogP contribution in [0.5, 0.6) is 0 Å². The topological polar surface area (TPSA) is 41.1 Å². The van der Waals surface area contributed by atoms with E-state index in [1.165, 1.54) is 37.0 Å². The van der Waals surface area contributed by atoms with Crippen LogP contribution in [0.4, 0.5) is 5.69 Å². The Morgan fingerprint density at radius 1 is 1.14 bits per heavy atom. The van der Waals surface area contributed by atoms with Gasteiger partial charge in [-0.15, -0.1) is 11.8 Å². The fourth-order valence-corrected chi connectivity index (χ4v) is 4.01. The fourth-order valence-electron chi connectivity index (χ4n) is 3.61. The number of carbonyl (C=O) groups is 1. The Balaban J connectivity index is 1.57. The number of hydrogen-bond acceptors (Lipinski definition) is 3. The average molecular weight is 304 g/mol. The highest BCUT2D eigenvalue weighted by Crippen LogP contribution is 2.32. The first kappa shape index (κ1) is 14.9. The first-order valence-electron chi connectivity index (χ1n) is 7.97. The van der Waals surface area contributed by atoms with E-state index in [9.17, 15) is 4.79 Å². The summed E-state index contributed by atoms with van der Waals surface area (Å²) in [5.41, 5.74) is 0.894. The van der Waals surface area contributed by atoms with Gasteiger partial charge in [0.05, 0.1) is 6.04 Å². The third-order valence-corrected chi connectivity index (χ3v) is 5.57. The Morgan fingerprint density at radius 2 is 1.90 bits per heavy atom. The first-order chi connectivity index (χ1) is 10.3. The third-order valence-electron chi connectivity index (χ3n) is 4.82. The quantitative estimate of drug-likeness (QED) is 0.837. The van der Waals surface area contributed by atoms with Gasteiger partial charge in [0.15, 0.2) is 0 Å². The molecule has 21 heavy (non-hydrogen) atoms. The van der Waals surface area contributed by atoms with E-state index in [-0.39, 0.29) is 11.9 Å². The van der Waals surface area contributed by atoms with Gasteiger partial charge >= 0.3 is 0 Å². The molecule has 4 heteroatoms. The molecule has 0 bridgehead atoms. The normalized spacial score (nSPS) is 28.7. The standard InChI is InChI=1S/C17H24N2OS/c1-21-14-9-7-13(8-10-14)18-17(20)16-11-6-12-4-2-3-5-15(12)19-16/h7-10,12,15-16,19H,2-6,11H2,1H3,(H,18,20). The molecular weight excluding hydrogens is 280 g/mol. The number of nitrogens with one attached hydrogen (secondary N) is 2. The summed E-state index contributed by atoms with van der Waals surface area (Å²) in [5, 5.41) is 6.63. The maximum absolute atomic E-state index is 12.4. The smallest absolute Gasteiger partial charge is 0.241 e. The fraction of sp³-hybridized carbons (Fsp3) is 0.588. The highest BCUT2D eigenvalue weighted by atomic mass is 32.2. The highest BCUT2D eigenvalue weighted by Gasteiger charge is 2.34.